The third-order valence-electron chi connectivity index (χ3n) is 1.76. The molecule has 18 heavy (non-hydrogen) atoms. The van der Waals surface area contributed by atoms with Gasteiger partial charge in [-0.3, -0.25) is 4.72 Å². The van der Waals surface area contributed by atoms with Gasteiger partial charge in [-0.1, -0.05) is 23.2 Å². The number of rotatable bonds is 4. The second-order valence-corrected chi connectivity index (χ2v) is 5.52. The lowest BCUT2D eigenvalue weighted by Crippen LogP contribution is -2.22. The number of benzene rings is 1. The van der Waals surface area contributed by atoms with Crippen LogP contribution in [0.25, 0.3) is 0 Å². The monoisotopic (exact) mass is 319 g/mol. The van der Waals surface area contributed by atoms with Crippen LogP contribution in [0.3, 0.4) is 0 Å². The molecule has 1 rings (SSSR count). The Balaban J connectivity index is 3.37. The van der Waals surface area contributed by atoms with E-state index in [2.05, 4.69) is 0 Å². The summed E-state index contributed by atoms with van der Waals surface area (Å²) >= 11 is 11.1. The fraction of sp³-hybridized carbons (Fsp3) is 0.125. The number of aromatic carboxylic acids is 1. The summed E-state index contributed by atoms with van der Waals surface area (Å²) in [6.45, 7) is 0. The molecule has 5 nitrogen and oxygen atoms in total. The molecule has 0 aliphatic heterocycles. The molecule has 0 fully saturated rings. The number of carboxylic acids is 1. The van der Waals surface area contributed by atoms with Gasteiger partial charge in [0, 0.05) is 5.02 Å². The van der Waals surface area contributed by atoms with E-state index in [9.17, 15) is 22.0 Å². The molecular formula is C8H5Cl2F2NO4S. The van der Waals surface area contributed by atoms with Crippen LogP contribution < -0.4 is 4.72 Å². The summed E-state index contributed by atoms with van der Waals surface area (Å²) in [6, 6.07) is 1.91. The summed E-state index contributed by atoms with van der Waals surface area (Å²) in [5, 5.41) is 8.34. The molecule has 0 spiro atoms. The Morgan fingerprint density at radius 3 is 2.33 bits per heavy atom. The number of alkyl halides is 2. The first-order chi connectivity index (χ1) is 8.15. The van der Waals surface area contributed by atoms with Crippen molar-refractivity contribution in [3.63, 3.8) is 0 Å². The Morgan fingerprint density at radius 2 is 1.89 bits per heavy atom. The fourth-order valence-electron chi connectivity index (χ4n) is 1.03. The van der Waals surface area contributed by atoms with E-state index >= 15 is 0 Å². The van der Waals surface area contributed by atoms with Crippen molar-refractivity contribution in [1.82, 2.24) is 0 Å². The fourth-order valence-corrected chi connectivity index (χ4v) is 2.22. The maximum Gasteiger partial charge on any atom is 0.355 e. The summed E-state index contributed by atoms with van der Waals surface area (Å²) < 4.78 is 47.7. The lowest BCUT2D eigenvalue weighted by Gasteiger charge is -2.12. The molecular weight excluding hydrogens is 315 g/mol. The third-order valence-corrected chi connectivity index (χ3v) is 3.24. The van der Waals surface area contributed by atoms with Gasteiger partial charge in [0.2, 0.25) is 0 Å². The zero-order chi connectivity index (χ0) is 14.1. The standard InChI is InChI=1S/C8H5Cl2F2NO4S/c9-3-1-4(7(14)15)6(5(10)2-3)13-18(16,17)8(11)12/h1-2,8,13H,(H,14,15). The maximum atomic E-state index is 12.2. The van der Waals surface area contributed by atoms with Gasteiger partial charge in [0.25, 0.3) is 10.0 Å². The van der Waals surface area contributed by atoms with Crippen molar-refractivity contribution in [2.24, 2.45) is 0 Å². The number of nitrogens with one attached hydrogen (secondary N) is 1. The highest BCUT2D eigenvalue weighted by Crippen LogP contribution is 2.31. The molecule has 0 saturated heterocycles. The number of hydrogen-bond acceptors (Lipinski definition) is 3. The van der Waals surface area contributed by atoms with Crippen molar-refractivity contribution in [3.05, 3.63) is 27.7 Å². The highest BCUT2D eigenvalue weighted by atomic mass is 35.5. The molecule has 10 heteroatoms. The minimum absolute atomic E-state index is 0.0719. The zero-order valence-corrected chi connectivity index (χ0v) is 10.7. The summed E-state index contributed by atoms with van der Waals surface area (Å²) in [5.74, 6) is -5.28. The second kappa shape index (κ2) is 5.25. The molecule has 0 saturated carbocycles. The quantitative estimate of drug-likeness (QED) is 0.893. The van der Waals surface area contributed by atoms with Crippen LogP contribution >= 0.6 is 23.2 Å². The van der Waals surface area contributed by atoms with Crippen LogP contribution in [0.15, 0.2) is 12.1 Å². The molecule has 100 valence electrons. The van der Waals surface area contributed by atoms with Crippen molar-refractivity contribution in [1.29, 1.82) is 0 Å². The number of carbonyl (C=O) groups is 1. The molecule has 0 aromatic heterocycles. The normalized spacial score (nSPS) is 11.6. The topological polar surface area (TPSA) is 83.5 Å². The molecule has 0 bridgehead atoms. The van der Waals surface area contributed by atoms with E-state index in [1.165, 1.54) is 4.72 Å². The molecule has 0 unspecified atom stereocenters. The van der Waals surface area contributed by atoms with Crippen LogP contribution in [0.4, 0.5) is 14.5 Å². The van der Waals surface area contributed by atoms with Gasteiger partial charge in [-0.25, -0.2) is 13.2 Å². The van der Waals surface area contributed by atoms with Gasteiger partial charge < -0.3 is 5.11 Å². The number of anilines is 1. The van der Waals surface area contributed by atoms with Crippen molar-refractivity contribution in [3.8, 4) is 0 Å². The largest absolute Gasteiger partial charge is 0.478 e. The number of hydrogen-bond donors (Lipinski definition) is 2. The van der Waals surface area contributed by atoms with Gasteiger partial charge in [-0.2, -0.15) is 8.78 Å². The Bertz CT molecular complexity index is 591. The van der Waals surface area contributed by atoms with Gasteiger partial charge in [-0.15, -0.1) is 0 Å². The van der Waals surface area contributed by atoms with Gasteiger partial charge >= 0.3 is 11.7 Å². The summed E-state index contributed by atoms with van der Waals surface area (Å²) in [5.41, 5.74) is -1.29. The second-order valence-electron chi connectivity index (χ2n) is 3.02. The average Bonchev–Trinajstić information content (AvgIpc) is 2.21. The van der Waals surface area contributed by atoms with Crippen LogP contribution in [0.2, 0.25) is 10.0 Å². The zero-order valence-electron chi connectivity index (χ0n) is 8.32. The van der Waals surface area contributed by atoms with Gasteiger partial charge in [0.15, 0.2) is 0 Å². The van der Waals surface area contributed by atoms with Crippen LogP contribution in [-0.4, -0.2) is 25.3 Å². The van der Waals surface area contributed by atoms with Crippen molar-refractivity contribution in [2.75, 3.05) is 4.72 Å². The number of halogens is 4. The van der Waals surface area contributed by atoms with Crippen LogP contribution in [0, 0.1) is 0 Å². The SMILES string of the molecule is O=C(O)c1cc(Cl)cc(Cl)c1NS(=O)(=O)C(F)F. The lowest BCUT2D eigenvalue weighted by molar-refractivity contribution is 0.0698. The minimum Gasteiger partial charge on any atom is -0.478 e. The van der Waals surface area contributed by atoms with E-state index in [1.54, 1.807) is 0 Å². The number of sulfonamides is 1. The molecule has 0 amide bonds. The third kappa shape index (κ3) is 3.21. The van der Waals surface area contributed by atoms with Gasteiger partial charge in [0.05, 0.1) is 16.3 Å². The molecule has 0 radical (unpaired) electrons. The first-order valence-electron chi connectivity index (χ1n) is 4.17. The van der Waals surface area contributed by atoms with Crippen LogP contribution in [-0.2, 0) is 10.0 Å². The van der Waals surface area contributed by atoms with Gasteiger partial charge in [-0.05, 0) is 12.1 Å². The Kier molecular flexibility index (Phi) is 4.36. The highest BCUT2D eigenvalue weighted by molar-refractivity contribution is 7.93. The van der Waals surface area contributed by atoms with E-state index < -0.39 is 38.0 Å². The molecule has 1 aromatic rings. The van der Waals surface area contributed by atoms with E-state index in [1.807, 2.05) is 0 Å². The van der Waals surface area contributed by atoms with E-state index in [0.717, 1.165) is 12.1 Å². The average molecular weight is 320 g/mol. The van der Waals surface area contributed by atoms with Crippen molar-refractivity contribution in [2.45, 2.75) is 5.76 Å². The predicted molar refractivity (Wildman–Crippen MR) is 62.0 cm³/mol. The Labute approximate surface area is 110 Å². The predicted octanol–water partition coefficient (Wildman–Crippen LogP) is 2.66. The van der Waals surface area contributed by atoms with E-state index in [4.69, 9.17) is 28.3 Å². The molecule has 0 heterocycles. The summed E-state index contributed by atoms with van der Waals surface area (Å²) in [7, 11) is -5.02. The molecule has 0 aliphatic carbocycles. The Hall–Kier alpha value is -1.12. The summed E-state index contributed by atoms with van der Waals surface area (Å²) in [4.78, 5) is 10.8. The maximum absolute atomic E-state index is 12.2. The minimum atomic E-state index is -5.02. The molecule has 2 N–H and O–H groups in total. The lowest BCUT2D eigenvalue weighted by atomic mass is 10.2. The van der Waals surface area contributed by atoms with Crippen LogP contribution in [0.1, 0.15) is 10.4 Å². The van der Waals surface area contributed by atoms with Gasteiger partial charge in [0.1, 0.15) is 0 Å². The molecule has 0 aliphatic rings. The van der Waals surface area contributed by atoms with Crippen molar-refractivity contribution >= 4 is 44.9 Å². The first-order valence-corrected chi connectivity index (χ1v) is 6.47. The molecule has 0 atom stereocenters. The molecule has 1 aromatic carbocycles. The smallest absolute Gasteiger partial charge is 0.355 e. The summed E-state index contributed by atoms with van der Waals surface area (Å²) in [6.07, 6.45) is 0. The first kappa shape index (κ1) is 14.9. The highest BCUT2D eigenvalue weighted by Gasteiger charge is 2.27. The van der Waals surface area contributed by atoms with E-state index in [0.29, 0.717) is 0 Å². The van der Waals surface area contributed by atoms with Crippen molar-refractivity contribution < 1.29 is 27.1 Å². The number of carboxylic acid groups (broad SMARTS) is 1. The van der Waals surface area contributed by atoms with Crippen LogP contribution in [0.5, 0.6) is 0 Å². The van der Waals surface area contributed by atoms with E-state index in [-0.39, 0.29) is 5.02 Å². The Morgan fingerprint density at radius 1 is 1.33 bits per heavy atom.